The molecule has 0 spiro atoms. The van der Waals surface area contributed by atoms with Crippen LogP contribution in [0, 0.1) is 5.82 Å². The maximum absolute atomic E-state index is 13.2. The predicted molar refractivity (Wildman–Crippen MR) is 126 cm³/mol. The molecule has 9 nitrogen and oxygen atoms in total. The van der Waals surface area contributed by atoms with Crippen LogP contribution in [0.15, 0.2) is 48.8 Å². The number of hydrogen-bond acceptors (Lipinski definition) is 5. The summed E-state index contributed by atoms with van der Waals surface area (Å²) in [6, 6.07) is 10.1. The lowest BCUT2D eigenvalue weighted by atomic mass is 10.2. The van der Waals surface area contributed by atoms with Crippen LogP contribution in [-0.4, -0.2) is 46.8 Å². The number of amides is 3. The van der Waals surface area contributed by atoms with Gasteiger partial charge in [0.2, 0.25) is 0 Å². The zero-order valence-corrected chi connectivity index (χ0v) is 18.7. The van der Waals surface area contributed by atoms with Crippen molar-refractivity contribution in [3.05, 3.63) is 76.6 Å². The first-order chi connectivity index (χ1) is 16.4. The summed E-state index contributed by atoms with van der Waals surface area (Å²) in [6.45, 7) is 1.40. The Bertz CT molecular complexity index is 1210. The minimum atomic E-state index is -0.555. The quantitative estimate of drug-likeness (QED) is 0.352. The second-order valence-corrected chi connectivity index (χ2v) is 8.15. The largest absolute Gasteiger partial charge is 0.349 e. The molecular weight excluding hydrogens is 463 g/mol. The van der Waals surface area contributed by atoms with E-state index in [-0.39, 0.29) is 28.0 Å². The van der Waals surface area contributed by atoms with Crippen LogP contribution < -0.4 is 21.3 Å². The molecule has 1 aliphatic rings. The zero-order chi connectivity index (χ0) is 24.1. The molecule has 3 aromatic rings. The van der Waals surface area contributed by atoms with Gasteiger partial charge in [0.05, 0.1) is 16.9 Å². The van der Waals surface area contributed by atoms with E-state index in [0.717, 1.165) is 31.5 Å². The minimum absolute atomic E-state index is 0.000248. The number of carbonyl (C=O) groups is 3. The van der Waals surface area contributed by atoms with Crippen molar-refractivity contribution in [1.29, 1.82) is 0 Å². The van der Waals surface area contributed by atoms with E-state index in [4.69, 9.17) is 11.6 Å². The maximum Gasteiger partial charge on any atom is 0.276 e. The van der Waals surface area contributed by atoms with Gasteiger partial charge >= 0.3 is 0 Å². The van der Waals surface area contributed by atoms with Gasteiger partial charge in [-0.15, -0.1) is 0 Å². The van der Waals surface area contributed by atoms with Gasteiger partial charge in [-0.3, -0.25) is 14.4 Å². The van der Waals surface area contributed by atoms with E-state index in [1.165, 1.54) is 12.4 Å². The van der Waals surface area contributed by atoms with Gasteiger partial charge in [0, 0.05) is 24.0 Å². The summed E-state index contributed by atoms with van der Waals surface area (Å²) in [5, 5.41) is 11.4. The number of benzene rings is 2. The third-order valence-corrected chi connectivity index (χ3v) is 5.64. The van der Waals surface area contributed by atoms with Gasteiger partial charge in [0.1, 0.15) is 11.5 Å². The average molecular weight is 485 g/mol. The molecular formula is C23H22ClFN6O3. The van der Waals surface area contributed by atoms with Crippen molar-refractivity contribution in [2.24, 2.45) is 0 Å². The molecule has 0 saturated carbocycles. The van der Waals surface area contributed by atoms with Crippen LogP contribution >= 0.6 is 11.6 Å². The molecule has 0 aliphatic carbocycles. The van der Waals surface area contributed by atoms with E-state index < -0.39 is 23.5 Å². The van der Waals surface area contributed by atoms with Crippen LogP contribution in [0.25, 0.3) is 0 Å². The molecule has 4 rings (SSSR count). The van der Waals surface area contributed by atoms with Crippen LogP contribution in [0.1, 0.15) is 44.2 Å². The van der Waals surface area contributed by atoms with Crippen molar-refractivity contribution in [3.63, 3.8) is 0 Å². The molecule has 3 amide bonds. The second-order valence-electron chi connectivity index (χ2n) is 7.74. The van der Waals surface area contributed by atoms with Crippen molar-refractivity contribution in [1.82, 2.24) is 20.6 Å². The number of halogens is 2. The smallest absolute Gasteiger partial charge is 0.276 e. The first kappa shape index (κ1) is 23.4. The molecule has 1 saturated heterocycles. The lowest BCUT2D eigenvalue weighted by molar-refractivity contribution is 0.0932. The van der Waals surface area contributed by atoms with Crippen LogP contribution in [0.2, 0.25) is 5.02 Å². The van der Waals surface area contributed by atoms with Crippen molar-refractivity contribution >= 4 is 40.7 Å². The Hall–Kier alpha value is -3.76. The Morgan fingerprint density at radius 2 is 1.74 bits per heavy atom. The molecule has 11 heteroatoms. The molecule has 5 N–H and O–H groups in total. The van der Waals surface area contributed by atoms with E-state index in [2.05, 4.69) is 31.2 Å². The Balaban J connectivity index is 1.35. The predicted octanol–water partition coefficient (Wildman–Crippen LogP) is 3.19. The number of anilines is 2. The molecule has 1 aromatic heterocycles. The van der Waals surface area contributed by atoms with Gasteiger partial charge in [-0.1, -0.05) is 11.6 Å². The highest BCUT2D eigenvalue weighted by Gasteiger charge is 2.22. The first-order valence-electron chi connectivity index (χ1n) is 10.6. The molecule has 1 atom stereocenters. The number of H-pyrrole nitrogens is 1. The third-order valence-electron chi connectivity index (χ3n) is 5.33. The highest BCUT2D eigenvalue weighted by atomic mass is 35.5. The number of rotatable bonds is 7. The number of aromatic amines is 1. The van der Waals surface area contributed by atoms with Crippen molar-refractivity contribution in [2.45, 2.75) is 18.9 Å². The van der Waals surface area contributed by atoms with E-state index >= 15 is 0 Å². The highest BCUT2D eigenvalue weighted by Crippen LogP contribution is 2.20. The van der Waals surface area contributed by atoms with Gasteiger partial charge in [-0.2, -0.15) is 0 Å². The Kier molecular flexibility index (Phi) is 7.19. The molecule has 0 radical (unpaired) electrons. The average Bonchev–Trinajstić information content (AvgIpc) is 3.51. The summed E-state index contributed by atoms with van der Waals surface area (Å²) in [6.07, 6.45) is 3.35. The standard InChI is InChI=1S/C23H22ClFN6O3/c24-18-10-13(25)3-8-17(18)21(32)30-14-4-6-15(7-5-14)31-23(34)20-19(28-12-29-20)22(33)27-11-16-2-1-9-26-16/h3-8,10,12,16,26H,1-2,9,11H2,(H,27,33)(H,28,29)(H,30,32)(H,31,34). The van der Waals surface area contributed by atoms with Crippen molar-refractivity contribution in [2.75, 3.05) is 23.7 Å². The molecule has 1 unspecified atom stereocenters. The van der Waals surface area contributed by atoms with E-state index in [1.54, 1.807) is 24.3 Å². The fraction of sp³-hybridized carbons (Fsp3) is 0.217. The van der Waals surface area contributed by atoms with Crippen LogP contribution in [0.5, 0.6) is 0 Å². The lowest BCUT2D eigenvalue weighted by Gasteiger charge is -2.11. The number of nitrogens with zero attached hydrogens (tertiary/aromatic N) is 1. The normalized spacial score (nSPS) is 15.1. The topological polar surface area (TPSA) is 128 Å². The number of imidazole rings is 1. The number of nitrogens with one attached hydrogen (secondary N) is 5. The van der Waals surface area contributed by atoms with E-state index in [1.807, 2.05) is 0 Å². The van der Waals surface area contributed by atoms with Gasteiger partial charge in [-0.05, 0) is 61.9 Å². The van der Waals surface area contributed by atoms with Crippen molar-refractivity contribution < 1.29 is 18.8 Å². The molecule has 0 bridgehead atoms. The fourth-order valence-corrected chi connectivity index (χ4v) is 3.83. The number of hydrogen-bond donors (Lipinski definition) is 5. The summed E-state index contributed by atoms with van der Waals surface area (Å²) >= 11 is 5.92. The molecule has 2 aromatic carbocycles. The molecule has 1 fully saturated rings. The zero-order valence-electron chi connectivity index (χ0n) is 18.0. The number of carbonyl (C=O) groups excluding carboxylic acids is 3. The fourth-order valence-electron chi connectivity index (χ4n) is 3.57. The molecule has 176 valence electrons. The van der Waals surface area contributed by atoms with Gasteiger partial charge in [0.25, 0.3) is 17.7 Å². The molecule has 34 heavy (non-hydrogen) atoms. The summed E-state index contributed by atoms with van der Waals surface area (Å²) in [4.78, 5) is 44.2. The Morgan fingerprint density at radius 3 is 2.38 bits per heavy atom. The van der Waals surface area contributed by atoms with Crippen LogP contribution in [-0.2, 0) is 0 Å². The summed E-state index contributed by atoms with van der Waals surface area (Å²) in [7, 11) is 0. The summed E-state index contributed by atoms with van der Waals surface area (Å²) in [5.74, 6) is -2.00. The minimum Gasteiger partial charge on any atom is -0.349 e. The highest BCUT2D eigenvalue weighted by molar-refractivity contribution is 6.34. The Morgan fingerprint density at radius 1 is 1.03 bits per heavy atom. The van der Waals surface area contributed by atoms with Gasteiger partial charge in [-0.25, -0.2) is 9.37 Å². The number of aromatic nitrogens is 2. The van der Waals surface area contributed by atoms with E-state index in [0.29, 0.717) is 17.9 Å². The van der Waals surface area contributed by atoms with Gasteiger partial charge < -0.3 is 26.3 Å². The van der Waals surface area contributed by atoms with E-state index in [9.17, 15) is 18.8 Å². The summed E-state index contributed by atoms with van der Waals surface area (Å²) < 4.78 is 13.2. The van der Waals surface area contributed by atoms with Gasteiger partial charge in [0.15, 0.2) is 5.69 Å². The van der Waals surface area contributed by atoms with Crippen LogP contribution in [0.4, 0.5) is 15.8 Å². The molecule has 1 aliphatic heterocycles. The monoisotopic (exact) mass is 484 g/mol. The first-order valence-corrected chi connectivity index (χ1v) is 11.0. The molecule has 2 heterocycles. The summed E-state index contributed by atoms with van der Waals surface area (Å²) in [5.41, 5.74) is 1.07. The Labute approximate surface area is 199 Å². The van der Waals surface area contributed by atoms with Crippen LogP contribution in [0.3, 0.4) is 0 Å². The maximum atomic E-state index is 13.2. The second kappa shape index (κ2) is 10.4. The van der Waals surface area contributed by atoms with Crippen molar-refractivity contribution in [3.8, 4) is 0 Å². The SMILES string of the molecule is O=C(Nc1ccc(NC(=O)c2nc[nH]c2C(=O)NCC2CCCN2)cc1)c1ccc(F)cc1Cl. The third kappa shape index (κ3) is 5.59. The lowest BCUT2D eigenvalue weighted by Crippen LogP contribution is -2.37.